The van der Waals surface area contributed by atoms with Gasteiger partial charge in [-0.3, -0.25) is 4.79 Å². The maximum absolute atomic E-state index is 12.7. The van der Waals surface area contributed by atoms with E-state index in [1.807, 2.05) is 30.3 Å². The number of amides is 1. The second-order valence-corrected chi connectivity index (χ2v) is 8.41. The van der Waals surface area contributed by atoms with E-state index in [9.17, 15) is 9.59 Å². The number of ether oxygens (including phenoxy) is 2. The van der Waals surface area contributed by atoms with E-state index >= 15 is 0 Å². The van der Waals surface area contributed by atoms with E-state index < -0.39 is 5.97 Å². The summed E-state index contributed by atoms with van der Waals surface area (Å²) in [4.78, 5) is 30.2. The van der Waals surface area contributed by atoms with Crippen molar-refractivity contribution in [2.45, 2.75) is 18.9 Å². The average molecular weight is 431 g/mol. The topological polar surface area (TPSA) is 77.5 Å². The normalized spacial score (nSPS) is 16.1. The second-order valence-electron chi connectivity index (χ2n) is 6.69. The number of carbonyl (C=O) groups excluding carboxylic acids is 2. The molecule has 0 spiro atoms. The molecule has 3 aromatic rings. The lowest BCUT2D eigenvalue weighted by molar-refractivity contribution is -0.124. The molecular weight excluding hydrogens is 412 g/mol. The molecule has 150 valence electrons. The zero-order valence-electron chi connectivity index (χ0n) is 15.5. The number of esters is 1. The molecule has 1 amide bonds. The minimum atomic E-state index is -0.570. The quantitative estimate of drug-likeness (QED) is 0.596. The molecule has 0 unspecified atom stereocenters. The van der Waals surface area contributed by atoms with Crippen molar-refractivity contribution >= 4 is 45.7 Å². The molecule has 3 heterocycles. The standard InChI is InChI=1S/C21H19ClN2O4S/c22-19-8-7-18(29-19)17-10-15(14-5-1-2-6-16(14)24-17)21(26)28-12-20(25)23-11-13-4-3-9-27-13/h1-2,5-8,10,13H,3-4,9,11-12H2,(H,23,25)/t13-/m1/s1. The molecule has 1 atom stereocenters. The van der Waals surface area contributed by atoms with Crippen LogP contribution in [-0.4, -0.2) is 42.7 Å². The van der Waals surface area contributed by atoms with E-state index in [4.69, 9.17) is 21.1 Å². The monoisotopic (exact) mass is 430 g/mol. The molecule has 4 rings (SSSR count). The summed E-state index contributed by atoms with van der Waals surface area (Å²) >= 11 is 7.42. The van der Waals surface area contributed by atoms with Crippen molar-refractivity contribution in [2.24, 2.45) is 0 Å². The van der Waals surface area contributed by atoms with Gasteiger partial charge in [0.1, 0.15) is 0 Å². The van der Waals surface area contributed by atoms with Gasteiger partial charge in [-0.15, -0.1) is 11.3 Å². The number of nitrogens with one attached hydrogen (secondary N) is 1. The molecular formula is C21H19ClN2O4S. The van der Waals surface area contributed by atoms with E-state index in [-0.39, 0.29) is 18.6 Å². The van der Waals surface area contributed by atoms with Crippen LogP contribution in [0.25, 0.3) is 21.5 Å². The SMILES string of the molecule is O=C(COC(=O)c1cc(-c2ccc(Cl)s2)nc2ccccc12)NC[C@H]1CCCO1. The van der Waals surface area contributed by atoms with Crippen LogP contribution < -0.4 is 5.32 Å². The molecule has 1 N–H and O–H groups in total. The Morgan fingerprint density at radius 2 is 2.14 bits per heavy atom. The molecule has 8 heteroatoms. The van der Waals surface area contributed by atoms with Gasteiger partial charge in [-0.1, -0.05) is 29.8 Å². The number of carbonyl (C=O) groups is 2. The van der Waals surface area contributed by atoms with Crippen molar-refractivity contribution in [1.82, 2.24) is 10.3 Å². The molecule has 0 bridgehead atoms. The molecule has 1 fully saturated rings. The first-order valence-corrected chi connectivity index (χ1v) is 10.5. The molecule has 0 radical (unpaired) electrons. The fourth-order valence-corrected chi connectivity index (χ4v) is 4.22. The van der Waals surface area contributed by atoms with Gasteiger partial charge in [-0.25, -0.2) is 9.78 Å². The maximum Gasteiger partial charge on any atom is 0.339 e. The maximum atomic E-state index is 12.7. The van der Waals surface area contributed by atoms with Crippen LogP contribution in [-0.2, 0) is 14.3 Å². The van der Waals surface area contributed by atoms with Gasteiger partial charge in [-0.05, 0) is 37.1 Å². The van der Waals surface area contributed by atoms with Crippen LogP contribution >= 0.6 is 22.9 Å². The van der Waals surface area contributed by atoms with Crippen molar-refractivity contribution in [1.29, 1.82) is 0 Å². The number of aromatic nitrogens is 1. The van der Waals surface area contributed by atoms with Crippen LogP contribution in [0.5, 0.6) is 0 Å². The van der Waals surface area contributed by atoms with E-state index in [1.54, 1.807) is 12.1 Å². The van der Waals surface area contributed by atoms with Crippen molar-refractivity contribution in [3.8, 4) is 10.6 Å². The fourth-order valence-electron chi connectivity index (χ4n) is 3.22. The average Bonchev–Trinajstić information content (AvgIpc) is 3.41. The fraction of sp³-hybridized carbons (Fsp3) is 0.286. The van der Waals surface area contributed by atoms with E-state index in [0.29, 0.717) is 33.0 Å². The summed E-state index contributed by atoms with van der Waals surface area (Å²) in [6.45, 7) is 0.808. The summed E-state index contributed by atoms with van der Waals surface area (Å²) < 4.78 is 11.4. The molecule has 6 nitrogen and oxygen atoms in total. The molecule has 29 heavy (non-hydrogen) atoms. The van der Waals surface area contributed by atoms with Gasteiger partial charge in [0.15, 0.2) is 6.61 Å². The van der Waals surface area contributed by atoms with Crippen LogP contribution in [0.1, 0.15) is 23.2 Å². The number of benzene rings is 1. The first-order chi connectivity index (χ1) is 14.1. The van der Waals surface area contributed by atoms with Crippen LogP contribution in [0.4, 0.5) is 0 Å². The number of hydrogen-bond donors (Lipinski definition) is 1. The summed E-state index contributed by atoms with van der Waals surface area (Å²) in [6.07, 6.45) is 1.97. The Bertz CT molecular complexity index is 1050. The van der Waals surface area contributed by atoms with Crippen molar-refractivity contribution in [3.63, 3.8) is 0 Å². The number of pyridine rings is 1. The lowest BCUT2D eigenvalue weighted by Crippen LogP contribution is -2.34. The number of fused-ring (bicyclic) bond motifs is 1. The van der Waals surface area contributed by atoms with E-state index in [1.165, 1.54) is 11.3 Å². The summed E-state index contributed by atoms with van der Waals surface area (Å²) in [7, 11) is 0. The minimum Gasteiger partial charge on any atom is -0.452 e. The van der Waals surface area contributed by atoms with Gasteiger partial charge in [-0.2, -0.15) is 0 Å². The molecule has 0 saturated carbocycles. The lowest BCUT2D eigenvalue weighted by Gasteiger charge is -2.12. The third kappa shape index (κ3) is 4.75. The Morgan fingerprint density at radius 3 is 2.90 bits per heavy atom. The first-order valence-electron chi connectivity index (χ1n) is 9.31. The molecule has 1 aliphatic rings. The van der Waals surface area contributed by atoms with Crippen molar-refractivity contribution in [2.75, 3.05) is 19.8 Å². The third-order valence-corrected chi connectivity index (χ3v) is 5.90. The summed E-state index contributed by atoms with van der Waals surface area (Å²) in [5.74, 6) is -0.919. The number of rotatable bonds is 6. The highest BCUT2D eigenvalue weighted by atomic mass is 35.5. The molecule has 2 aromatic heterocycles. The summed E-state index contributed by atoms with van der Waals surface area (Å²) in [6, 6.07) is 12.6. The van der Waals surface area contributed by atoms with Crippen molar-refractivity contribution < 1.29 is 19.1 Å². The number of hydrogen-bond acceptors (Lipinski definition) is 6. The molecule has 1 saturated heterocycles. The first kappa shape index (κ1) is 19.8. The molecule has 1 aliphatic heterocycles. The van der Waals surface area contributed by atoms with Gasteiger partial charge >= 0.3 is 5.97 Å². The Labute approximate surface area is 176 Å². The Morgan fingerprint density at radius 1 is 1.28 bits per heavy atom. The number of halogens is 1. The lowest BCUT2D eigenvalue weighted by atomic mass is 10.1. The zero-order chi connectivity index (χ0) is 20.2. The van der Waals surface area contributed by atoms with Gasteiger partial charge in [0.2, 0.25) is 0 Å². The second kappa shape index (κ2) is 8.90. The number of nitrogens with zero attached hydrogens (tertiary/aromatic N) is 1. The Kier molecular flexibility index (Phi) is 6.08. The highest BCUT2D eigenvalue weighted by Gasteiger charge is 2.19. The van der Waals surface area contributed by atoms with Crippen LogP contribution in [0.15, 0.2) is 42.5 Å². The van der Waals surface area contributed by atoms with Crippen LogP contribution in [0, 0.1) is 0 Å². The molecule has 0 aliphatic carbocycles. The van der Waals surface area contributed by atoms with Crippen molar-refractivity contribution in [3.05, 3.63) is 52.4 Å². The summed E-state index contributed by atoms with van der Waals surface area (Å²) in [5, 5.41) is 3.41. The van der Waals surface area contributed by atoms with E-state index in [0.717, 1.165) is 24.3 Å². The van der Waals surface area contributed by atoms with E-state index in [2.05, 4.69) is 10.3 Å². The zero-order valence-corrected chi connectivity index (χ0v) is 17.1. The Hall–Kier alpha value is -2.48. The van der Waals surface area contributed by atoms with Crippen LogP contribution in [0.3, 0.4) is 0 Å². The predicted octanol–water partition coefficient (Wildman–Crippen LogP) is 4.07. The molecule has 1 aromatic carbocycles. The number of thiophene rings is 1. The largest absolute Gasteiger partial charge is 0.452 e. The smallest absolute Gasteiger partial charge is 0.339 e. The third-order valence-electron chi connectivity index (χ3n) is 4.65. The predicted molar refractivity (Wildman–Crippen MR) is 112 cm³/mol. The van der Waals surface area contributed by atoms with Gasteiger partial charge in [0.25, 0.3) is 5.91 Å². The van der Waals surface area contributed by atoms with Gasteiger partial charge in [0.05, 0.1) is 32.1 Å². The van der Waals surface area contributed by atoms with Gasteiger partial charge in [0, 0.05) is 18.5 Å². The minimum absolute atomic E-state index is 0.0407. The van der Waals surface area contributed by atoms with Gasteiger partial charge < -0.3 is 14.8 Å². The highest BCUT2D eigenvalue weighted by molar-refractivity contribution is 7.19. The van der Waals surface area contributed by atoms with Crippen LogP contribution in [0.2, 0.25) is 4.34 Å². The Balaban J connectivity index is 1.49. The summed E-state index contributed by atoms with van der Waals surface area (Å²) in [5.41, 5.74) is 1.67. The highest BCUT2D eigenvalue weighted by Crippen LogP contribution is 2.32. The number of para-hydroxylation sites is 1.